The minimum Gasteiger partial charge on any atom is -0.415 e. The van der Waals surface area contributed by atoms with Crippen molar-refractivity contribution >= 4 is 11.0 Å². The summed E-state index contributed by atoms with van der Waals surface area (Å²) in [6, 6.07) is 9.35. The van der Waals surface area contributed by atoms with Crippen LogP contribution in [0.5, 0.6) is 0 Å². The van der Waals surface area contributed by atoms with Crippen LogP contribution in [-0.4, -0.2) is 54.5 Å². The number of pyridine rings is 1. The van der Waals surface area contributed by atoms with E-state index in [1.165, 1.54) is 6.20 Å². The summed E-state index contributed by atoms with van der Waals surface area (Å²) in [5.41, 5.74) is 4.35. The van der Waals surface area contributed by atoms with Crippen molar-refractivity contribution in [3.8, 4) is 22.6 Å². The van der Waals surface area contributed by atoms with Gasteiger partial charge in [-0.25, -0.2) is 4.79 Å². The highest BCUT2D eigenvalue weighted by atomic mass is 19.3. The van der Waals surface area contributed by atoms with Gasteiger partial charge in [-0.1, -0.05) is 11.2 Å². The van der Waals surface area contributed by atoms with Gasteiger partial charge in [-0.3, -0.25) is 14.1 Å². The number of imidazole rings is 1. The van der Waals surface area contributed by atoms with Gasteiger partial charge in [0.1, 0.15) is 6.26 Å². The van der Waals surface area contributed by atoms with Crippen molar-refractivity contribution in [1.29, 1.82) is 0 Å². The number of piperidine rings is 1. The number of hydrogen-bond acceptors (Lipinski definition) is 8. The van der Waals surface area contributed by atoms with Crippen LogP contribution in [0.25, 0.3) is 33.6 Å². The topological polar surface area (TPSA) is 108 Å². The van der Waals surface area contributed by atoms with E-state index in [4.69, 9.17) is 8.94 Å². The van der Waals surface area contributed by atoms with Crippen LogP contribution >= 0.6 is 0 Å². The van der Waals surface area contributed by atoms with E-state index in [1.807, 2.05) is 22.8 Å². The third kappa shape index (κ3) is 4.33. The molecule has 0 radical (unpaired) electrons. The van der Waals surface area contributed by atoms with Gasteiger partial charge in [-0.2, -0.15) is 8.78 Å². The quantitative estimate of drug-likeness (QED) is 0.337. The number of halogens is 2. The molecule has 5 heterocycles. The van der Waals surface area contributed by atoms with Crippen molar-refractivity contribution in [3.05, 3.63) is 71.1 Å². The second-order valence-electron chi connectivity index (χ2n) is 9.17. The predicted octanol–water partition coefficient (Wildman–Crippen LogP) is 4.16. The van der Waals surface area contributed by atoms with Crippen LogP contribution in [0.4, 0.5) is 8.78 Å². The molecule has 10 nitrogen and oxygen atoms in total. The van der Waals surface area contributed by atoms with E-state index in [0.717, 1.165) is 48.1 Å². The molecule has 0 spiro atoms. The summed E-state index contributed by atoms with van der Waals surface area (Å²) < 4.78 is 39.2. The van der Waals surface area contributed by atoms with Crippen LogP contribution in [0, 0.1) is 0 Å². The maximum absolute atomic E-state index is 13.8. The molecule has 0 saturated carbocycles. The van der Waals surface area contributed by atoms with Crippen molar-refractivity contribution in [2.24, 2.45) is 0 Å². The van der Waals surface area contributed by atoms with E-state index in [9.17, 15) is 13.6 Å². The standard InChI is InChI=1S/C25H23F2N7O3/c1-32-8-6-19(7-9-32)34-21-10-15(17-12-29-36-14-17)3-5-20(21)33(25(34)35)13-18-4-2-16(11-28-18)23-30-31-24(37-23)22(26)27/h2-5,10-12,14,19,22H,6-9,13H2,1H3. The van der Waals surface area contributed by atoms with Gasteiger partial charge in [-0.05, 0) is 62.8 Å². The second-order valence-corrected chi connectivity index (χ2v) is 9.17. The zero-order chi connectivity index (χ0) is 25.5. The smallest absolute Gasteiger partial charge is 0.329 e. The van der Waals surface area contributed by atoms with E-state index < -0.39 is 12.3 Å². The molecule has 0 bridgehead atoms. The van der Waals surface area contributed by atoms with Crippen LogP contribution in [0.1, 0.15) is 36.9 Å². The number of fused-ring (bicyclic) bond motifs is 1. The number of hydrogen-bond donors (Lipinski definition) is 0. The molecule has 0 aliphatic carbocycles. The van der Waals surface area contributed by atoms with Gasteiger partial charge in [0, 0.05) is 17.8 Å². The first-order valence-electron chi connectivity index (χ1n) is 11.9. The molecule has 190 valence electrons. The summed E-state index contributed by atoms with van der Waals surface area (Å²) >= 11 is 0. The third-order valence-electron chi connectivity index (χ3n) is 6.80. The van der Waals surface area contributed by atoms with Gasteiger partial charge in [0.2, 0.25) is 5.89 Å². The van der Waals surface area contributed by atoms with Crippen LogP contribution < -0.4 is 5.69 Å². The second kappa shape index (κ2) is 9.36. The molecule has 0 N–H and O–H groups in total. The van der Waals surface area contributed by atoms with Crippen LogP contribution in [0.15, 0.2) is 62.7 Å². The Kier molecular flexibility index (Phi) is 5.87. The normalized spacial score (nSPS) is 15.2. The lowest BCUT2D eigenvalue weighted by Crippen LogP contribution is -2.36. The Morgan fingerprint density at radius 1 is 1.03 bits per heavy atom. The number of rotatable bonds is 6. The van der Waals surface area contributed by atoms with Crippen molar-refractivity contribution in [3.63, 3.8) is 0 Å². The molecule has 0 unspecified atom stereocenters. The van der Waals surface area contributed by atoms with Gasteiger partial charge in [0.05, 0.1) is 35.0 Å². The van der Waals surface area contributed by atoms with Gasteiger partial charge in [-0.15, -0.1) is 10.2 Å². The number of benzene rings is 1. The minimum atomic E-state index is -2.84. The molecule has 1 aliphatic heterocycles. The molecular weight excluding hydrogens is 484 g/mol. The van der Waals surface area contributed by atoms with E-state index in [-0.39, 0.29) is 24.2 Å². The van der Waals surface area contributed by atoms with Crippen molar-refractivity contribution in [2.45, 2.75) is 31.9 Å². The zero-order valence-electron chi connectivity index (χ0n) is 19.9. The van der Waals surface area contributed by atoms with Gasteiger partial charge in [0.15, 0.2) is 0 Å². The summed E-state index contributed by atoms with van der Waals surface area (Å²) in [5, 5.41) is 10.8. The Bertz CT molecular complexity index is 1580. The molecule has 4 aromatic heterocycles. The van der Waals surface area contributed by atoms with E-state index in [1.54, 1.807) is 29.2 Å². The SMILES string of the molecule is CN1CCC(n2c(=O)n(Cc3ccc(-c4nnc(C(F)F)o4)cn3)c3ccc(-c4cnoc4)cc32)CC1. The highest BCUT2D eigenvalue weighted by Crippen LogP contribution is 2.29. The van der Waals surface area contributed by atoms with E-state index in [2.05, 4.69) is 32.3 Å². The fourth-order valence-electron chi connectivity index (χ4n) is 4.81. The fraction of sp³-hybridized carbons (Fsp3) is 0.320. The molecule has 0 atom stereocenters. The highest BCUT2D eigenvalue weighted by Gasteiger charge is 2.25. The zero-order valence-corrected chi connectivity index (χ0v) is 19.9. The molecule has 6 rings (SSSR count). The van der Waals surface area contributed by atoms with Crippen LogP contribution in [0.2, 0.25) is 0 Å². The Morgan fingerprint density at radius 2 is 1.84 bits per heavy atom. The van der Waals surface area contributed by atoms with Gasteiger partial charge in [0.25, 0.3) is 5.89 Å². The summed E-state index contributed by atoms with van der Waals surface area (Å²) in [4.78, 5) is 20.5. The largest absolute Gasteiger partial charge is 0.415 e. The Morgan fingerprint density at radius 3 is 2.51 bits per heavy atom. The minimum absolute atomic E-state index is 0.0355. The monoisotopic (exact) mass is 507 g/mol. The third-order valence-corrected chi connectivity index (χ3v) is 6.80. The maximum Gasteiger partial charge on any atom is 0.329 e. The summed E-state index contributed by atoms with van der Waals surface area (Å²) in [6.07, 6.45) is 3.62. The first kappa shape index (κ1) is 23.2. The summed E-state index contributed by atoms with van der Waals surface area (Å²) in [7, 11) is 2.09. The number of aromatic nitrogens is 6. The number of nitrogens with zero attached hydrogens (tertiary/aromatic N) is 7. The van der Waals surface area contributed by atoms with E-state index >= 15 is 0 Å². The lowest BCUT2D eigenvalue weighted by atomic mass is 10.0. The van der Waals surface area contributed by atoms with Gasteiger partial charge < -0.3 is 13.8 Å². The molecule has 1 fully saturated rings. The van der Waals surface area contributed by atoms with Crippen molar-refractivity contribution < 1.29 is 17.7 Å². The Labute approximate surface area is 209 Å². The molecule has 0 amide bonds. The number of alkyl halides is 2. The maximum atomic E-state index is 13.8. The predicted molar refractivity (Wildman–Crippen MR) is 129 cm³/mol. The molecule has 5 aromatic rings. The first-order valence-corrected chi connectivity index (χ1v) is 11.9. The highest BCUT2D eigenvalue weighted by molar-refractivity contribution is 5.82. The summed E-state index contributed by atoms with van der Waals surface area (Å²) in [6.45, 7) is 2.08. The van der Waals surface area contributed by atoms with Crippen LogP contribution in [0.3, 0.4) is 0 Å². The molecule has 37 heavy (non-hydrogen) atoms. The van der Waals surface area contributed by atoms with Crippen molar-refractivity contribution in [1.82, 2.24) is 34.4 Å². The fourth-order valence-corrected chi connectivity index (χ4v) is 4.81. The number of likely N-dealkylation sites (tertiary alicyclic amines) is 1. The van der Waals surface area contributed by atoms with Crippen LogP contribution in [-0.2, 0) is 6.54 Å². The molecule has 1 aliphatic rings. The average Bonchev–Trinajstić information content (AvgIpc) is 3.66. The molecule has 1 aromatic carbocycles. The molecule has 12 heteroatoms. The summed E-state index contributed by atoms with van der Waals surface area (Å²) in [5.74, 6) is -0.774. The van der Waals surface area contributed by atoms with Gasteiger partial charge >= 0.3 is 12.1 Å². The average molecular weight is 508 g/mol. The Balaban J connectivity index is 1.37. The molecular formula is C25H23F2N7O3. The first-order chi connectivity index (χ1) is 18.0. The van der Waals surface area contributed by atoms with E-state index in [0.29, 0.717) is 11.3 Å². The van der Waals surface area contributed by atoms with Crippen molar-refractivity contribution in [2.75, 3.05) is 20.1 Å². The lowest BCUT2D eigenvalue weighted by Gasteiger charge is -2.29. The Hall–Kier alpha value is -4.19. The lowest BCUT2D eigenvalue weighted by molar-refractivity contribution is 0.116. The molecule has 1 saturated heterocycles.